The maximum Gasteiger partial charge on any atom is 0.163 e. The molecule has 0 spiro atoms. The van der Waals surface area contributed by atoms with E-state index < -0.39 is 0 Å². The fourth-order valence-corrected chi connectivity index (χ4v) is 2.94. The SMILES string of the molecule is CC(C)(C)Nc1cc(Nc2ccc3c(c2)OCCO3)nc(-c2ccccc2)n1. The lowest BCUT2D eigenvalue weighted by Crippen LogP contribution is -2.26. The number of ether oxygens (including phenoxy) is 2. The Bertz CT molecular complexity index is 968. The average molecular weight is 376 g/mol. The molecule has 6 nitrogen and oxygen atoms in total. The predicted molar refractivity (Wildman–Crippen MR) is 112 cm³/mol. The third-order valence-corrected chi connectivity index (χ3v) is 4.08. The van der Waals surface area contributed by atoms with Crippen molar-refractivity contribution in [1.82, 2.24) is 9.97 Å². The van der Waals surface area contributed by atoms with Crippen molar-refractivity contribution in [2.45, 2.75) is 26.3 Å². The number of rotatable bonds is 4. The molecule has 0 atom stereocenters. The highest BCUT2D eigenvalue weighted by Gasteiger charge is 2.15. The number of anilines is 3. The topological polar surface area (TPSA) is 68.3 Å². The molecule has 144 valence electrons. The van der Waals surface area contributed by atoms with Gasteiger partial charge in [-0.1, -0.05) is 30.3 Å². The van der Waals surface area contributed by atoms with Crippen molar-refractivity contribution in [3.8, 4) is 22.9 Å². The van der Waals surface area contributed by atoms with Gasteiger partial charge in [-0.05, 0) is 32.9 Å². The van der Waals surface area contributed by atoms with Gasteiger partial charge in [-0.2, -0.15) is 0 Å². The molecule has 1 aliphatic rings. The second kappa shape index (κ2) is 7.38. The zero-order chi connectivity index (χ0) is 19.6. The zero-order valence-corrected chi connectivity index (χ0v) is 16.3. The smallest absolute Gasteiger partial charge is 0.163 e. The highest BCUT2D eigenvalue weighted by molar-refractivity contribution is 5.67. The monoisotopic (exact) mass is 376 g/mol. The molecular formula is C22H24N4O2. The molecule has 0 saturated heterocycles. The second-order valence-electron chi connectivity index (χ2n) is 7.69. The molecule has 0 aliphatic carbocycles. The summed E-state index contributed by atoms with van der Waals surface area (Å²) in [5.74, 6) is 3.63. The Hall–Kier alpha value is -3.28. The van der Waals surface area contributed by atoms with Crippen molar-refractivity contribution >= 4 is 17.3 Å². The lowest BCUT2D eigenvalue weighted by Gasteiger charge is -2.22. The van der Waals surface area contributed by atoms with Gasteiger partial charge in [-0.3, -0.25) is 0 Å². The Kier molecular flexibility index (Phi) is 4.77. The minimum atomic E-state index is -0.115. The standard InChI is InChI=1S/C22H24N4O2/c1-22(2,3)26-20-14-19(24-21(25-20)15-7-5-4-6-8-15)23-16-9-10-17-18(13-16)28-12-11-27-17/h4-10,13-14H,11-12H2,1-3H3,(H2,23,24,25,26). The molecule has 6 heteroatoms. The minimum absolute atomic E-state index is 0.115. The van der Waals surface area contributed by atoms with Crippen LogP contribution in [0.25, 0.3) is 11.4 Å². The maximum absolute atomic E-state index is 5.67. The van der Waals surface area contributed by atoms with Crippen LogP contribution in [-0.4, -0.2) is 28.7 Å². The second-order valence-corrected chi connectivity index (χ2v) is 7.69. The highest BCUT2D eigenvalue weighted by atomic mass is 16.6. The van der Waals surface area contributed by atoms with Crippen LogP contribution in [0.1, 0.15) is 20.8 Å². The van der Waals surface area contributed by atoms with Crippen LogP contribution in [0, 0.1) is 0 Å². The van der Waals surface area contributed by atoms with Crippen LogP contribution in [0.3, 0.4) is 0 Å². The fraction of sp³-hybridized carbons (Fsp3) is 0.273. The molecule has 2 aromatic carbocycles. The summed E-state index contributed by atoms with van der Waals surface area (Å²) in [7, 11) is 0. The first-order chi connectivity index (χ1) is 13.5. The molecule has 28 heavy (non-hydrogen) atoms. The molecule has 4 rings (SSSR count). The fourth-order valence-electron chi connectivity index (χ4n) is 2.94. The lowest BCUT2D eigenvalue weighted by molar-refractivity contribution is 0.171. The van der Waals surface area contributed by atoms with Crippen LogP contribution in [0.5, 0.6) is 11.5 Å². The lowest BCUT2D eigenvalue weighted by atomic mass is 10.1. The van der Waals surface area contributed by atoms with Gasteiger partial charge in [0.25, 0.3) is 0 Å². The number of fused-ring (bicyclic) bond motifs is 1. The van der Waals surface area contributed by atoms with Crippen molar-refractivity contribution in [1.29, 1.82) is 0 Å². The normalized spacial score (nSPS) is 13.1. The molecule has 0 bridgehead atoms. The third kappa shape index (κ3) is 4.34. The van der Waals surface area contributed by atoms with Crippen LogP contribution in [-0.2, 0) is 0 Å². The molecular weight excluding hydrogens is 352 g/mol. The molecule has 0 unspecified atom stereocenters. The summed E-state index contributed by atoms with van der Waals surface area (Å²) in [6, 6.07) is 17.7. The summed E-state index contributed by atoms with van der Waals surface area (Å²) in [4.78, 5) is 9.40. The molecule has 0 fully saturated rings. The van der Waals surface area contributed by atoms with Crippen LogP contribution in [0.4, 0.5) is 17.3 Å². The van der Waals surface area contributed by atoms with Gasteiger partial charge in [0.1, 0.15) is 24.8 Å². The average Bonchev–Trinajstić information content (AvgIpc) is 2.67. The molecule has 0 saturated carbocycles. The number of hydrogen-bond donors (Lipinski definition) is 2. The van der Waals surface area contributed by atoms with Gasteiger partial charge >= 0.3 is 0 Å². The summed E-state index contributed by atoms with van der Waals surface area (Å²) >= 11 is 0. The molecule has 2 N–H and O–H groups in total. The number of aromatic nitrogens is 2. The third-order valence-electron chi connectivity index (χ3n) is 4.08. The van der Waals surface area contributed by atoms with E-state index in [0.717, 1.165) is 28.6 Å². The Balaban J connectivity index is 1.68. The van der Waals surface area contributed by atoms with E-state index in [-0.39, 0.29) is 5.54 Å². The summed E-state index contributed by atoms with van der Waals surface area (Å²) in [6.45, 7) is 7.44. The molecule has 0 radical (unpaired) electrons. The summed E-state index contributed by atoms with van der Waals surface area (Å²) < 4.78 is 11.3. The van der Waals surface area contributed by atoms with Gasteiger partial charge < -0.3 is 20.1 Å². The van der Waals surface area contributed by atoms with Crippen molar-refractivity contribution in [3.63, 3.8) is 0 Å². The van der Waals surface area contributed by atoms with E-state index in [0.29, 0.717) is 24.9 Å². The van der Waals surface area contributed by atoms with E-state index in [1.807, 2.05) is 54.6 Å². The van der Waals surface area contributed by atoms with Gasteiger partial charge in [0.15, 0.2) is 17.3 Å². The summed E-state index contributed by atoms with van der Waals surface area (Å²) in [5, 5.41) is 6.80. The van der Waals surface area contributed by atoms with Gasteiger partial charge in [-0.15, -0.1) is 0 Å². The first-order valence-electron chi connectivity index (χ1n) is 9.36. The Labute approximate surface area is 164 Å². The van der Waals surface area contributed by atoms with E-state index in [2.05, 4.69) is 31.4 Å². The van der Waals surface area contributed by atoms with E-state index in [1.54, 1.807) is 0 Å². The quantitative estimate of drug-likeness (QED) is 0.677. The summed E-state index contributed by atoms with van der Waals surface area (Å²) in [6.07, 6.45) is 0. The zero-order valence-electron chi connectivity index (χ0n) is 16.3. The molecule has 1 aromatic heterocycles. The maximum atomic E-state index is 5.67. The number of nitrogens with one attached hydrogen (secondary N) is 2. The van der Waals surface area contributed by atoms with E-state index in [9.17, 15) is 0 Å². The Morgan fingerprint density at radius 1 is 0.821 bits per heavy atom. The summed E-state index contributed by atoms with van der Waals surface area (Å²) in [5.41, 5.74) is 1.73. The number of hydrogen-bond acceptors (Lipinski definition) is 6. The molecule has 1 aliphatic heterocycles. The Morgan fingerprint density at radius 3 is 2.29 bits per heavy atom. The van der Waals surface area contributed by atoms with Crippen LogP contribution >= 0.6 is 0 Å². The van der Waals surface area contributed by atoms with Crippen molar-refractivity contribution < 1.29 is 9.47 Å². The van der Waals surface area contributed by atoms with E-state index in [1.165, 1.54) is 0 Å². The van der Waals surface area contributed by atoms with Gasteiger partial charge in [0.05, 0.1) is 0 Å². The van der Waals surface area contributed by atoms with Crippen molar-refractivity contribution in [3.05, 3.63) is 54.6 Å². The number of nitrogens with zero attached hydrogens (tertiary/aromatic N) is 2. The van der Waals surface area contributed by atoms with E-state index in [4.69, 9.17) is 19.4 Å². The van der Waals surface area contributed by atoms with Crippen LogP contribution < -0.4 is 20.1 Å². The minimum Gasteiger partial charge on any atom is -0.486 e. The molecule has 2 heterocycles. The van der Waals surface area contributed by atoms with Gasteiger partial charge in [-0.25, -0.2) is 9.97 Å². The van der Waals surface area contributed by atoms with Crippen molar-refractivity contribution in [2.24, 2.45) is 0 Å². The van der Waals surface area contributed by atoms with Crippen molar-refractivity contribution in [2.75, 3.05) is 23.8 Å². The van der Waals surface area contributed by atoms with Crippen LogP contribution in [0.2, 0.25) is 0 Å². The number of benzene rings is 2. The first-order valence-corrected chi connectivity index (χ1v) is 9.36. The molecule has 0 amide bonds. The van der Waals surface area contributed by atoms with Gasteiger partial charge in [0.2, 0.25) is 0 Å². The highest BCUT2D eigenvalue weighted by Crippen LogP contribution is 2.34. The van der Waals surface area contributed by atoms with Gasteiger partial charge in [0, 0.05) is 28.9 Å². The first kappa shape index (κ1) is 18.1. The van der Waals surface area contributed by atoms with Crippen LogP contribution in [0.15, 0.2) is 54.6 Å². The van der Waals surface area contributed by atoms with E-state index >= 15 is 0 Å². The molecule has 3 aromatic rings. The largest absolute Gasteiger partial charge is 0.486 e. The predicted octanol–water partition coefficient (Wildman–Crippen LogP) is 4.87. The Morgan fingerprint density at radius 2 is 1.54 bits per heavy atom.